The number of rotatable bonds is 0. The third kappa shape index (κ3) is 0.460. The maximum absolute atomic E-state index is 5.39. The molecular formula is C4H7NS. The molecule has 34 valence electrons. The number of nitrogens with two attached hydrogens (primary N) is 1. The standard InChI is InChI=1S/C4H7NS/c1-3-2-6-4(3)5/h4H,1-2,5H2. The highest BCUT2D eigenvalue weighted by Crippen LogP contribution is 2.27. The molecule has 0 aromatic rings. The van der Waals surface area contributed by atoms with Gasteiger partial charge in [0.15, 0.2) is 0 Å². The summed E-state index contributed by atoms with van der Waals surface area (Å²) in [6.07, 6.45) is 0. The Morgan fingerprint density at radius 1 is 2.00 bits per heavy atom. The fraction of sp³-hybridized carbons (Fsp3) is 0.500. The zero-order valence-corrected chi connectivity index (χ0v) is 4.29. The molecule has 0 aromatic heterocycles. The summed E-state index contributed by atoms with van der Waals surface area (Å²) in [5, 5.41) is 0.255. The average molecular weight is 101 g/mol. The first-order chi connectivity index (χ1) is 2.80. The van der Waals surface area contributed by atoms with Gasteiger partial charge < -0.3 is 5.73 Å². The highest BCUT2D eigenvalue weighted by molar-refractivity contribution is 8.01. The van der Waals surface area contributed by atoms with E-state index < -0.39 is 0 Å². The Morgan fingerprint density at radius 3 is 2.50 bits per heavy atom. The van der Waals surface area contributed by atoms with Crippen molar-refractivity contribution in [1.82, 2.24) is 0 Å². The van der Waals surface area contributed by atoms with Crippen LogP contribution in [0.4, 0.5) is 0 Å². The summed E-state index contributed by atoms with van der Waals surface area (Å²) in [5.41, 5.74) is 6.57. The fourth-order valence-corrected chi connectivity index (χ4v) is 0.892. The van der Waals surface area contributed by atoms with Crippen molar-refractivity contribution in [2.45, 2.75) is 5.37 Å². The minimum atomic E-state index is 0.255. The fourth-order valence-electron chi connectivity index (χ4n) is 0.297. The average Bonchev–Trinajstić information content (AvgIpc) is 1.61. The lowest BCUT2D eigenvalue weighted by molar-refractivity contribution is 1.03. The van der Waals surface area contributed by atoms with Gasteiger partial charge in [0, 0.05) is 5.75 Å². The summed E-state index contributed by atoms with van der Waals surface area (Å²) in [6.45, 7) is 3.70. The molecular weight excluding hydrogens is 94.1 g/mol. The van der Waals surface area contributed by atoms with Crippen LogP contribution in [0.3, 0.4) is 0 Å². The van der Waals surface area contributed by atoms with Crippen molar-refractivity contribution in [3.63, 3.8) is 0 Å². The zero-order valence-electron chi connectivity index (χ0n) is 3.48. The Labute approximate surface area is 41.6 Å². The van der Waals surface area contributed by atoms with Gasteiger partial charge >= 0.3 is 0 Å². The van der Waals surface area contributed by atoms with Gasteiger partial charge in [0.25, 0.3) is 0 Å². The van der Waals surface area contributed by atoms with E-state index in [2.05, 4.69) is 6.58 Å². The zero-order chi connectivity index (χ0) is 4.57. The Hall–Kier alpha value is 0.0500. The lowest BCUT2D eigenvalue weighted by atomic mass is 10.3. The largest absolute Gasteiger partial charge is 0.316 e. The van der Waals surface area contributed by atoms with Crippen molar-refractivity contribution in [2.24, 2.45) is 5.73 Å². The minimum absolute atomic E-state index is 0.255. The molecule has 1 saturated heterocycles. The predicted octanol–water partition coefficient (Wildman–Crippen LogP) is 0.574. The van der Waals surface area contributed by atoms with Gasteiger partial charge in [0.1, 0.15) is 0 Å². The lowest BCUT2D eigenvalue weighted by Gasteiger charge is -2.22. The van der Waals surface area contributed by atoms with E-state index in [1.54, 1.807) is 11.8 Å². The SMILES string of the molecule is C=C1CSC1N. The molecule has 2 heteroatoms. The first-order valence-electron chi connectivity index (χ1n) is 1.85. The number of thioether (sulfide) groups is 1. The van der Waals surface area contributed by atoms with Crippen LogP contribution in [-0.2, 0) is 0 Å². The van der Waals surface area contributed by atoms with Gasteiger partial charge in [-0.15, -0.1) is 11.8 Å². The quantitative estimate of drug-likeness (QED) is 0.451. The van der Waals surface area contributed by atoms with Gasteiger partial charge in [-0.3, -0.25) is 0 Å². The van der Waals surface area contributed by atoms with Gasteiger partial charge in [-0.05, 0) is 5.57 Å². The van der Waals surface area contributed by atoms with Gasteiger partial charge in [0.2, 0.25) is 0 Å². The number of hydrogen-bond acceptors (Lipinski definition) is 2. The Morgan fingerprint density at radius 2 is 2.50 bits per heavy atom. The highest BCUT2D eigenvalue weighted by atomic mass is 32.2. The summed E-state index contributed by atoms with van der Waals surface area (Å²) in [7, 11) is 0. The van der Waals surface area contributed by atoms with E-state index in [4.69, 9.17) is 5.73 Å². The molecule has 0 radical (unpaired) electrons. The Balaban J connectivity index is 2.39. The van der Waals surface area contributed by atoms with Gasteiger partial charge in [-0.2, -0.15) is 0 Å². The third-order valence-corrected chi connectivity index (χ3v) is 2.08. The molecule has 0 aromatic carbocycles. The molecule has 1 unspecified atom stereocenters. The van der Waals surface area contributed by atoms with Crippen molar-refractivity contribution in [2.75, 3.05) is 5.75 Å². The van der Waals surface area contributed by atoms with Crippen LogP contribution in [0.1, 0.15) is 0 Å². The Bertz CT molecular complexity index is 79.6. The smallest absolute Gasteiger partial charge is 0.0732 e. The molecule has 0 bridgehead atoms. The molecule has 1 aliphatic heterocycles. The minimum Gasteiger partial charge on any atom is -0.316 e. The molecule has 1 aliphatic rings. The topological polar surface area (TPSA) is 26.0 Å². The van der Waals surface area contributed by atoms with Crippen LogP contribution >= 0.6 is 11.8 Å². The molecule has 0 aliphatic carbocycles. The van der Waals surface area contributed by atoms with Crippen molar-refractivity contribution in [3.8, 4) is 0 Å². The van der Waals surface area contributed by atoms with E-state index in [0.29, 0.717) is 0 Å². The van der Waals surface area contributed by atoms with E-state index in [1.807, 2.05) is 0 Å². The van der Waals surface area contributed by atoms with Gasteiger partial charge in [-0.25, -0.2) is 0 Å². The predicted molar refractivity (Wildman–Crippen MR) is 29.6 cm³/mol. The summed E-state index contributed by atoms with van der Waals surface area (Å²) in [4.78, 5) is 0. The number of hydrogen-bond donors (Lipinski definition) is 1. The maximum Gasteiger partial charge on any atom is 0.0732 e. The maximum atomic E-state index is 5.39. The molecule has 1 heterocycles. The van der Waals surface area contributed by atoms with Crippen LogP contribution in [0.5, 0.6) is 0 Å². The summed E-state index contributed by atoms with van der Waals surface area (Å²) in [5.74, 6) is 1.07. The lowest BCUT2D eigenvalue weighted by Crippen LogP contribution is -2.28. The van der Waals surface area contributed by atoms with Gasteiger partial charge in [-0.1, -0.05) is 6.58 Å². The van der Waals surface area contributed by atoms with Crippen molar-refractivity contribution >= 4 is 11.8 Å². The molecule has 1 atom stereocenters. The molecule has 0 amide bonds. The van der Waals surface area contributed by atoms with Crippen LogP contribution in [0.15, 0.2) is 12.2 Å². The Kier molecular flexibility index (Phi) is 0.898. The summed E-state index contributed by atoms with van der Waals surface area (Å²) in [6, 6.07) is 0. The summed E-state index contributed by atoms with van der Waals surface area (Å²) < 4.78 is 0. The first kappa shape index (κ1) is 4.22. The van der Waals surface area contributed by atoms with Crippen molar-refractivity contribution in [1.29, 1.82) is 0 Å². The monoisotopic (exact) mass is 101 g/mol. The van der Waals surface area contributed by atoms with Crippen LogP contribution in [-0.4, -0.2) is 11.1 Å². The van der Waals surface area contributed by atoms with E-state index >= 15 is 0 Å². The van der Waals surface area contributed by atoms with E-state index in [1.165, 1.54) is 5.57 Å². The van der Waals surface area contributed by atoms with Crippen LogP contribution in [0, 0.1) is 0 Å². The normalized spacial score (nSPS) is 32.8. The van der Waals surface area contributed by atoms with E-state index in [-0.39, 0.29) is 5.37 Å². The van der Waals surface area contributed by atoms with Crippen LogP contribution < -0.4 is 5.73 Å². The van der Waals surface area contributed by atoms with Crippen LogP contribution in [0.25, 0.3) is 0 Å². The van der Waals surface area contributed by atoms with Crippen LogP contribution in [0.2, 0.25) is 0 Å². The van der Waals surface area contributed by atoms with Crippen molar-refractivity contribution in [3.05, 3.63) is 12.2 Å². The molecule has 6 heavy (non-hydrogen) atoms. The van der Waals surface area contributed by atoms with Gasteiger partial charge in [0.05, 0.1) is 5.37 Å². The van der Waals surface area contributed by atoms with E-state index in [0.717, 1.165) is 5.75 Å². The summed E-state index contributed by atoms with van der Waals surface area (Å²) >= 11 is 1.75. The third-order valence-electron chi connectivity index (χ3n) is 0.851. The second kappa shape index (κ2) is 1.28. The first-order valence-corrected chi connectivity index (χ1v) is 2.90. The van der Waals surface area contributed by atoms with E-state index in [9.17, 15) is 0 Å². The second-order valence-corrected chi connectivity index (χ2v) is 2.52. The molecule has 1 rings (SSSR count). The highest BCUT2D eigenvalue weighted by Gasteiger charge is 2.16. The molecule has 0 saturated carbocycles. The molecule has 1 fully saturated rings. The van der Waals surface area contributed by atoms with Crippen molar-refractivity contribution < 1.29 is 0 Å². The molecule has 2 N–H and O–H groups in total. The molecule has 0 spiro atoms. The second-order valence-electron chi connectivity index (χ2n) is 1.39. The molecule has 1 nitrogen and oxygen atoms in total.